The highest BCUT2D eigenvalue weighted by atomic mass is 16.4. The Bertz CT molecular complexity index is 476. The van der Waals surface area contributed by atoms with Gasteiger partial charge in [0.2, 0.25) is 0 Å². The molecule has 0 spiro atoms. The highest BCUT2D eigenvalue weighted by Crippen LogP contribution is 2.19. The Morgan fingerprint density at radius 2 is 1.81 bits per heavy atom. The summed E-state index contributed by atoms with van der Waals surface area (Å²) >= 11 is 0. The second kappa shape index (κ2) is 7.60. The largest absolute Gasteiger partial charge is 0.481 e. The Hall–Kier alpha value is -1.35. The van der Waals surface area contributed by atoms with E-state index >= 15 is 0 Å². The van der Waals surface area contributed by atoms with E-state index in [1.54, 1.807) is 0 Å². The molecule has 21 heavy (non-hydrogen) atoms. The molecule has 1 aromatic rings. The van der Waals surface area contributed by atoms with Gasteiger partial charge in [-0.25, -0.2) is 0 Å². The standard InChI is InChI=1S/C18H27NO2/c1-14-7-8-16(11-15(14)2)12-17(13-18(20)21)19-9-5-3-4-6-10-19/h7-8,11,17H,3-6,9-10,12-13H2,1-2H3,(H,20,21). The van der Waals surface area contributed by atoms with E-state index in [2.05, 4.69) is 36.9 Å². The van der Waals surface area contributed by atoms with Crippen LogP contribution in [0.1, 0.15) is 48.8 Å². The fraction of sp³-hybridized carbons (Fsp3) is 0.611. The third kappa shape index (κ3) is 4.85. The Kier molecular flexibility index (Phi) is 5.80. The van der Waals surface area contributed by atoms with E-state index < -0.39 is 5.97 Å². The average Bonchev–Trinajstić information content (AvgIpc) is 2.70. The third-order valence-corrected chi connectivity index (χ3v) is 4.61. The second-order valence-electron chi connectivity index (χ2n) is 6.32. The molecule has 0 radical (unpaired) electrons. The summed E-state index contributed by atoms with van der Waals surface area (Å²) in [6, 6.07) is 6.63. The van der Waals surface area contributed by atoms with Gasteiger partial charge in [-0.3, -0.25) is 9.69 Å². The monoisotopic (exact) mass is 289 g/mol. The van der Waals surface area contributed by atoms with Crippen LogP contribution in [0.5, 0.6) is 0 Å². The number of aryl methyl sites for hydroxylation is 2. The molecule has 1 aromatic carbocycles. The fourth-order valence-electron chi connectivity index (χ4n) is 3.19. The van der Waals surface area contributed by atoms with Crippen molar-refractivity contribution in [2.45, 2.75) is 58.4 Å². The summed E-state index contributed by atoms with van der Waals surface area (Å²) in [4.78, 5) is 13.6. The van der Waals surface area contributed by atoms with Crippen molar-refractivity contribution in [3.63, 3.8) is 0 Å². The van der Waals surface area contributed by atoms with Crippen molar-refractivity contribution < 1.29 is 9.90 Å². The number of carboxylic acid groups (broad SMARTS) is 1. The number of aliphatic carboxylic acids is 1. The lowest BCUT2D eigenvalue weighted by atomic mass is 9.98. The van der Waals surface area contributed by atoms with Crippen LogP contribution < -0.4 is 0 Å². The lowest BCUT2D eigenvalue weighted by molar-refractivity contribution is -0.138. The molecule has 116 valence electrons. The van der Waals surface area contributed by atoms with Gasteiger partial charge < -0.3 is 5.11 Å². The first kappa shape index (κ1) is 16.0. The van der Waals surface area contributed by atoms with E-state index in [9.17, 15) is 9.90 Å². The molecule has 1 unspecified atom stereocenters. The Labute approximate surface area is 128 Å². The van der Waals surface area contributed by atoms with Crippen LogP contribution in [0.15, 0.2) is 18.2 Å². The van der Waals surface area contributed by atoms with Crippen molar-refractivity contribution >= 4 is 5.97 Å². The maximum absolute atomic E-state index is 11.2. The van der Waals surface area contributed by atoms with Crippen molar-refractivity contribution in [2.24, 2.45) is 0 Å². The molecule has 3 nitrogen and oxygen atoms in total. The van der Waals surface area contributed by atoms with Gasteiger partial charge in [-0.2, -0.15) is 0 Å². The van der Waals surface area contributed by atoms with Crippen LogP contribution in [0.25, 0.3) is 0 Å². The number of rotatable bonds is 5. The quantitative estimate of drug-likeness (QED) is 0.901. The van der Waals surface area contributed by atoms with Gasteiger partial charge in [0.15, 0.2) is 0 Å². The van der Waals surface area contributed by atoms with E-state index in [4.69, 9.17) is 0 Å². The van der Waals surface area contributed by atoms with E-state index in [0.29, 0.717) is 0 Å². The zero-order chi connectivity index (χ0) is 15.2. The van der Waals surface area contributed by atoms with E-state index in [1.165, 1.54) is 42.4 Å². The second-order valence-corrected chi connectivity index (χ2v) is 6.32. The lowest BCUT2D eigenvalue weighted by Gasteiger charge is -2.30. The topological polar surface area (TPSA) is 40.5 Å². The van der Waals surface area contributed by atoms with E-state index in [0.717, 1.165) is 19.5 Å². The molecule has 0 saturated carbocycles. The zero-order valence-electron chi connectivity index (χ0n) is 13.3. The summed E-state index contributed by atoms with van der Waals surface area (Å²) in [7, 11) is 0. The number of benzene rings is 1. The predicted molar refractivity (Wildman–Crippen MR) is 85.7 cm³/mol. The predicted octanol–water partition coefficient (Wildman–Crippen LogP) is 3.57. The summed E-state index contributed by atoms with van der Waals surface area (Å²) in [6.07, 6.45) is 6.03. The number of carboxylic acids is 1. The molecule has 1 N–H and O–H groups in total. The lowest BCUT2D eigenvalue weighted by Crippen LogP contribution is -2.39. The number of hydrogen-bond acceptors (Lipinski definition) is 2. The Balaban J connectivity index is 2.10. The molecule has 0 aromatic heterocycles. The highest BCUT2D eigenvalue weighted by Gasteiger charge is 2.22. The van der Waals surface area contributed by atoms with Crippen LogP contribution in [0, 0.1) is 13.8 Å². The molecule has 0 aliphatic carbocycles. The Morgan fingerprint density at radius 3 is 2.38 bits per heavy atom. The number of nitrogens with zero attached hydrogens (tertiary/aromatic N) is 1. The van der Waals surface area contributed by atoms with Crippen LogP contribution in [0.3, 0.4) is 0 Å². The molecule has 1 aliphatic rings. The van der Waals surface area contributed by atoms with Gasteiger partial charge in [0.25, 0.3) is 0 Å². The maximum atomic E-state index is 11.2. The minimum Gasteiger partial charge on any atom is -0.481 e. The van der Waals surface area contributed by atoms with Crippen LogP contribution in [0.4, 0.5) is 0 Å². The minimum atomic E-state index is -0.687. The summed E-state index contributed by atoms with van der Waals surface area (Å²) in [5, 5.41) is 9.23. The molecule has 1 aliphatic heterocycles. The smallest absolute Gasteiger partial charge is 0.304 e. The third-order valence-electron chi connectivity index (χ3n) is 4.61. The molecule has 1 saturated heterocycles. The van der Waals surface area contributed by atoms with Gasteiger partial charge in [-0.05, 0) is 62.9 Å². The molecular weight excluding hydrogens is 262 g/mol. The van der Waals surface area contributed by atoms with Gasteiger partial charge in [-0.1, -0.05) is 31.0 Å². The average molecular weight is 289 g/mol. The first-order valence-corrected chi connectivity index (χ1v) is 8.08. The van der Waals surface area contributed by atoms with Crippen molar-refractivity contribution in [1.82, 2.24) is 4.90 Å². The molecule has 1 atom stereocenters. The summed E-state index contributed by atoms with van der Waals surface area (Å²) in [5.74, 6) is -0.687. The molecule has 3 heteroatoms. The fourth-order valence-corrected chi connectivity index (χ4v) is 3.19. The van der Waals surface area contributed by atoms with Gasteiger partial charge in [0, 0.05) is 6.04 Å². The first-order chi connectivity index (χ1) is 10.1. The van der Waals surface area contributed by atoms with Gasteiger partial charge in [-0.15, -0.1) is 0 Å². The van der Waals surface area contributed by atoms with Crippen LogP contribution in [0.2, 0.25) is 0 Å². The van der Waals surface area contributed by atoms with Gasteiger partial charge >= 0.3 is 5.97 Å². The molecular formula is C18H27NO2. The number of likely N-dealkylation sites (tertiary alicyclic amines) is 1. The normalized spacial score (nSPS) is 18.2. The van der Waals surface area contributed by atoms with Crippen molar-refractivity contribution in [2.75, 3.05) is 13.1 Å². The maximum Gasteiger partial charge on any atom is 0.304 e. The molecule has 1 heterocycles. The van der Waals surface area contributed by atoms with Crippen LogP contribution in [-0.2, 0) is 11.2 Å². The van der Waals surface area contributed by atoms with E-state index in [1.807, 2.05) is 0 Å². The molecule has 0 bridgehead atoms. The summed E-state index contributed by atoms with van der Waals surface area (Å²) in [6.45, 7) is 6.32. The van der Waals surface area contributed by atoms with Crippen LogP contribution in [-0.4, -0.2) is 35.1 Å². The summed E-state index contributed by atoms with van der Waals surface area (Å²) < 4.78 is 0. The summed E-state index contributed by atoms with van der Waals surface area (Å²) in [5.41, 5.74) is 3.84. The van der Waals surface area contributed by atoms with Crippen molar-refractivity contribution in [1.29, 1.82) is 0 Å². The molecule has 0 amide bonds. The number of carbonyl (C=O) groups is 1. The molecule has 1 fully saturated rings. The minimum absolute atomic E-state index is 0.128. The zero-order valence-corrected chi connectivity index (χ0v) is 13.3. The highest BCUT2D eigenvalue weighted by molar-refractivity contribution is 5.67. The van der Waals surface area contributed by atoms with Crippen molar-refractivity contribution in [3.8, 4) is 0 Å². The van der Waals surface area contributed by atoms with Gasteiger partial charge in [0.05, 0.1) is 6.42 Å². The van der Waals surface area contributed by atoms with Crippen LogP contribution >= 0.6 is 0 Å². The SMILES string of the molecule is Cc1ccc(CC(CC(=O)O)N2CCCCCC2)cc1C. The van der Waals surface area contributed by atoms with Gasteiger partial charge in [0.1, 0.15) is 0 Å². The first-order valence-electron chi connectivity index (χ1n) is 8.08. The van der Waals surface area contributed by atoms with Crippen molar-refractivity contribution in [3.05, 3.63) is 34.9 Å². The number of hydrogen-bond donors (Lipinski definition) is 1. The Morgan fingerprint density at radius 1 is 1.14 bits per heavy atom. The van der Waals surface area contributed by atoms with E-state index in [-0.39, 0.29) is 12.5 Å². The molecule has 2 rings (SSSR count).